The zero-order valence-corrected chi connectivity index (χ0v) is 16.2. The molecule has 2 aromatic rings. The Balaban J connectivity index is 1.54. The van der Waals surface area contributed by atoms with E-state index in [4.69, 9.17) is 4.74 Å². The van der Waals surface area contributed by atoms with E-state index in [2.05, 4.69) is 42.3 Å². The van der Waals surface area contributed by atoms with Gasteiger partial charge in [0.25, 0.3) is 0 Å². The zero-order chi connectivity index (χ0) is 18.8. The quantitative estimate of drug-likeness (QED) is 0.850. The van der Waals surface area contributed by atoms with Crippen molar-refractivity contribution in [3.8, 4) is 5.75 Å². The summed E-state index contributed by atoms with van der Waals surface area (Å²) in [4.78, 5) is 2.61. The van der Waals surface area contributed by atoms with E-state index in [9.17, 15) is 4.39 Å². The lowest BCUT2D eigenvalue weighted by molar-refractivity contribution is 0.120. The van der Waals surface area contributed by atoms with Crippen molar-refractivity contribution in [2.24, 2.45) is 0 Å². The van der Waals surface area contributed by atoms with Crippen LogP contribution in [0.2, 0.25) is 0 Å². The van der Waals surface area contributed by atoms with Gasteiger partial charge in [-0.3, -0.25) is 4.90 Å². The van der Waals surface area contributed by atoms with Gasteiger partial charge >= 0.3 is 0 Å². The van der Waals surface area contributed by atoms with Gasteiger partial charge in [0.1, 0.15) is 11.6 Å². The summed E-state index contributed by atoms with van der Waals surface area (Å²) in [6.45, 7) is 7.11. The molecule has 3 atom stereocenters. The molecule has 2 aliphatic rings. The molecule has 0 bridgehead atoms. The fourth-order valence-corrected chi connectivity index (χ4v) is 4.68. The van der Waals surface area contributed by atoms with Gasteiger partial charge in [0, 0.05) is 31.1 Å². The second-order valence-corrected chi connectivity index (χ2v) is 8.09. The van der Waals surface area contributed by atoms with Crippen LogP contribution in [0.3, 0.4) is 0 Å². The Morgan fingerprint density at radius 3 is 2.78 bits per heavy atom. The molecule has 2 heterocycles. The predicted molar refractivity (Wildman–Crippen MR) is 107 cm³/mol. The highest BCUT2D eigenvalue weighted by Gasteiger charge is 2.42. The van der Waals surface area contributed by atoms with Crippen LogP contribution in [0.25, 0.3) is 0 Å². The molecule has 0 aromatic heterocycles. The van der Waals surface area contributed by atoms with Crippen LogP contribution < -0.4 is 10.1 Å². The molecule has 144 valence electrons. The third-order valence-corrected chi connectivity index (χ3v) is 5.76. The van der Waals surface area contributed by atoms with Gasteiger partial charge in [-0.15, -0.1) is 0 Å². The van der Waals surface area contributed by atoms with E-state index in [0.717, 1.165) is 25.4 Å². The first-order valence-electron chi connectivity index (χ1n) is 10.1. The monoisotopic (exact) mass is 368 g/mol. The van der Waals surface area contributed by atoms with Crippen molar-refractivity contribution in [3.63, 3.8) is 0 Å². The largest absolute Gasteiger partial charge is 0.491 e. The molecule has 2 aliphatic heterocycles. The summed E-state index contributed by atoms with van der Waals surface area (Å²) in [6, 6.07) is 16.5. The maximum Gasteiger partial charge on any atom is 0.123 e. The number of rotatable bonds is 5. The van der Waals surface area contributed by atoms with Gasteiger partial charge in [-0.25, -0.2) is 4.39 Å². The van der Waals surface area contributed by atoms with E-state index in [1.54, 1.807) is 12.1 Å². The topological polar surface area (TPSA) is 24.5 Å². The molecule has 2 saturated heterocycles. The number of nitrogens with one attached hydrogen (secondary N) is 1. The van der Waals surface area contributed by atoms with Gasteiger partial charge in [0.2, 0.25) is 0 Å². The summed E-state index contributed by atoms with van der Waals surface area (Å²) >= 11 is 0. The minimum Gasteiger partial charge on any atom is -0.491 e. The molecule has 4 rings (SSSR count). The molecular weight excluding hydrogens is 339 g/mol. The van der Waals surface area contributed by atoms with Crippen LogP contribution in [0.15, 0.2) is 48.5 Å². The zero-order valence-electron chi connectivity index (χ0n) is 16.2. The minimum atomic E-state index is -0.163. The standard InChI is InChI=1S/C23H29FN2O/c1-16(2)27-20-6-3-5-17(13-20)15-26-12-4-7-22-23(26)21(14-25-22)18-8-10-19(24)11-9-18/h3,5-6,8-11,13,16,21-23,25H,4,7,12,14-15H2,1-2H3/t21-,22-,23-/m1/s1. The number of piperidine rings is 1. The Hall–Kier alpha value is -1.91. The number of hydrogen-bond acceptors (Lipinski definition) is 3. The Morgan fingerprint density at radius 2 is 2.00 bits per heavy atom. The van der Waals surface area contributed by atoms with Crippen LogP contribution in [0.1, 0.15) is 43.7 Å². The number of hydrogen-bond donors (Lipinski definition) is 1. The number of fused-ring (bicyclic) bond motifs is 1. The molecule has 0 saturated carbocycles. The maximum absolute atomic E-state index is 13.4. The van der Waals surface area contributed by atoms with Crippen LogP contribution in [-0.2, 0) is 6.54 Å². The lowest BCUT2D eigenvalue weighted by atomic mass is 9.86. The van der Waals surface area contributed by atoms with E-state index in [0.29, 0.717) is 18.0 Å². The van der Waals surface area contributed by atoms with Gasteiger partial charge < -0.3 is 10.1 Å². The Morgan fingerprint density at radius 1 is 1.19 bits per heavy atom. The average molecular weight is 368 g/mol. The first-order chi connectivity index (χ1) is 13.1. The second-order valence-electron chi connectivity index (χ2n) is 8.09. The van der Waals surface area contributed by atoms with Crippen molar-refractivity contribution in [2.75, 3.05) is 13.1 Å². The van der Waals surface area contributed by atoms with Crippen LogP contribution in [-0.4, -0.2) is 36.2 Å². The molecule has 1 N–H and O–H groups in total. The molecule has 2 aromatic carbocycles. The maximum atomic E-state index is 13.4. The van der Waals surface area contributed by atoms with Crippen LogP contribution in [0, 0.1) is 5.82 Å². The van der Waals surface area contributed by atoms with E-state index in [1.165, 1.54) is 24.0 Å². The molecule has 2 fully saturated rings. The van der Waals surface area contributed by atoms with Crippen molar-refractivity contribution < 1.29 is 9.13 Å². The van der Waals surface area contributed by atoms with Crippen molar-refractivity contribution in [1.82, 2.24) is 10.2 Å². The number of benzene rings is 2. The van der Waals surface area contributed by atoms with Gasteiger partial charge in [-0.05, 0) is 68.6 Å². The Labute approximate surface area is 161 Å². The number of ether oxygens (including phenoxy) is 1. The van der Waals surface area contributed by atoms with Crippen LogP contribution in [0.4, 0.5) is 4.39 Å². The van der Waals surface area contributed by atoms with Gasteiger partial charge in [-0.1, -0.05) is 24.3 Å². The highest BCUT2D eigenvalue weighted by molar-refractivity contribution is 5.30. The van der Waals surface area contributed by atoms with E-state index in [-0.39, 0.29) is 11.9 Å². The highest BCUT2D eigenvalue weighted by atomic mass is 19.1. The second kappa shape index (κ2) is 7.99. The van der Waals surface area contributed by atoms with E-state index >= 15 is 0 Å². The molecule has 0 aliphatic carbocycles. The lowest BCUT2D eigenvalue weighted by Crippen LogP contribution is -2.49. The molecule has 0 unspecified atom stereocenters. The van der Waals surface area contributed by atoms with E-state index in [1.807, 2.05) is 18.2 Å². The molecule has 4 heteroatoms. The smallest absolute Gasteiger partial charge is 0.123 e. The molecule has 0 amide bonds. The Bertz CT molecular complexity index is 761. The van der Waals surface area contributed by atoms with Crippen LogP contribution in [0.5, 0.6) is 5.75 Å². The molecule has 0 radical (unpaired) electrons. The summed E-state index contributed by atoms with van der Waals surface area (Å²) in [5, 5.41) is 3.71. The summed E-state index contributed by atoms with van der Waals surface area (Å²) in [5.41, 5.74) is 2.53. The summed E-state index contributed by atoms with van der Waals surface area (Å²) < 4.78 is 19.2. The van der Waals surface area contributed by atoms with Crippen molar-refractivity contribution >= 4 is 0 Å². The van der Waals surface area contributed by atoms with Crippen LogP contribution >= 0.6 is 0 Å². The van der Waals surface area contributed by atoms with Gasteiger partial charge in [0.15, 0.2) is 0 Å². The minimum absolute atomic E-state index is 0.163. The fourth-order valence-electron chi connectivity index (χ4n) is 4.68. The molecule has 0 spiro atoms. The first-order valence-corrected chi connectivity index (χ1v) is 10.1. The average Bonchev–Trinajstić information content (AvgIpc) is 3.07. The normalized spacial score (nSPS) is 25.6. The molecule has 27 heavy (non-hydrogen) atoms. The summed E-state index contributed by atoms with van der Waals surface area (Å²) in [6.07, 6.45) is 2.61. The summed E-state index contributed by atoms with van der Waals surface area (Å²) in [7, 11) is 0. The first kappa shape index (κ1) is 18.5. The van der Waals surface area contributed by atoms with Gasteiger partial charge in [-0.2, -0.15) is 0 Å². The van der Waals surface area contributed by atoms with Crippen molar-refractivity contribution in [1.29, 1.82) is 0 Å². The van der Waals surface area contributed by atoms with E-state index < -0.39 is 0 Å². The fraction of sp³-hybridized carbons (Fsp3) is 0.478. The highest BCUT2D eigenvalue weighted by Crippen LogP contribution is 2.36. The van der Waals surface area contributed by atoms with Gasteiger partial charge in [0.05, 0.1) is 6.10 Å². The Kier molecular flexibility index (Phi) is 5.46. The van der Waals surface area contributed by atoms with Crippen molar-refractivity contribution in [2.45, 2.75) is 57.3 Å². The summed E-state index contributed by atoms with van der Waals surface area (Å²) in [5.74, 6) is 1.19. The third kappa shape index (κ3) is 4.17. The number of nitrogens with zero attached hydrogens (tertiary/aromatic N) is 1. The number of halogens is 1. The lowest BCUT2D eigenvalue weighted by Gasteiger charge is -2.40. The molecule has 3 nitrogen and oxygen atoms in total. The molecular formula is C23H29FN2O. The third-order valence-electron chi connectivity index (χ3n) is 5.76. The predicted octanol–water partition coefficient (Wildman–Crippen LogP) is 4.33. The number of likely N-dealkylation sites (tertiary alicyclic amines) is 1. The van der Waals surface area contributed by atoms with Crippen molar-refractivity contribution in [3.05, 3.63) is 65.5 Å². The SMILES string of the molecule is CC(C)Oc1cccc(CN2CCC[C@H]3NC[C@H](c4ccc(F)cc4)[C@H]32)c1.